The lowest BCUT2D eigenvalue weighted by Gasteiger charge is -2.15. The summed E-state index contributed by atoms with van der Waals surface area (Å²) >= 11 is 5.47. The van der Waals surface area contributed by atoms with Crippen LogP contribution in [0.25, 0.3) is 10.4 Å². The lowest BCUT2D eigenvalue weighted by molar-refractivity contribution is 0.0194. The van der Waals surface area contributed by atoms with Gasteiger partial charge in [0.1, 0.15) is 17.6 Å². The number of aromatic nitrogens is 1. The van der Waals surface area contributed by atoms with Crippen LogP contribution in [-0.2, 0) is 0 Å². The molecular weight excluding hydrogens is 239 g/mol. The van der Waals surface area contributed by atoms with Crippen molar-refractivity contribution in [2.75, 3.05) is 6.54 Å². The van der Waals surface area contributed by atoms with E-state index in [1.807, 2.05) is 0 Å². The number of aliphatic hydroxyl groups is 2. The van der Waals surface area contributed by atoms with Crippen LogP contribution in [-0.4, -0.2) is 27.8 Å². The summed E-state index contributed by atoms with van der Waals surface area (Å²) in [6.45, 7) is -0.374. The molecule has 1 aromatic rings. The van der Waals surface area contributed by atoms with Crippen molar-refractivity contribution in [1.82, 2.24) is 4.98 Å². The topological polar surface area (TPSA) is 102 Å². The van der Waals surface area contributed by atoms with E-state index in [1.165, 1.54) is 0 Å². The number of rotatable bonds is 4. The van der Waals surface area contributed by atoms with Gasteiger partial charge in [-0.25, -0.2) is 4.39 Å². The molecule has 8 heteroatoms. The van der Waals surface area contributed by atoms with Crippen LogP contribution in [0.15, 0.2) is 17.4 Å². The lowest BCUT2D eigenvalue weighted by atomic mass is 10.1. The number of pyridine rings is 1. The summed E-state index contributed by atoms with van der Waals surface area (Å²) in [6.07, 6.45) is -1.84. The van der Waals surface area contributed by atoms with Crippen molar-refractivity contribution >= 4 is 11.6 Å². The van der Waals surface area contributed by atoms with Crippen LogP contribution in [0.2, 0.25) is 5.02 Å². The van der Waals surface area contributed by atoms with Gasteiger partial charge in [0.05, 0.1) is 17.7 Å². The Morgan fingerprint density at radius 3 is 2.88 bits per heavy atom. The standard InChI is InChI=1S/C8H8ClFN4O2/c9-4-1-5(10)7(12-2-4)8(16)6(15)3-13-14-11/h1-2,6,8,15-16H,3H2. The molecule has 2 atom stereocenters. The fraction of sp³-hybridized carbons (Fsp3) is 0.375. The van der Waals surface area contributed by atoms with Crippen molar-refractivity contribution in [2.45, 2.75) is 12.2 Å². The molecule has 0 aliphatic heterocycles. The summed E-state index contributed by atoms with van der Waals surface area (Å²) in [5.41, 5.74) is 7.67. The Bertz CT molecular complexity index is 424. The number of nitrogens with zero attached hydrogens (tertiary/aromatic N) is 4. The monoisotopic (exact) mass is 246 g/mol. The average Bonchev–Trinajstić information content (AvgIpc) is 2.25. The Kier molecular flexibility index (Phi) is 4.45. The predicted molar refractivity (Wildman–Crippen MR) is 54.2 cm³/mol. The summed E-state index contributed by atoms with van der Waals surface area (Å²) in [6, 6.07) is 0.966. The van der Waals surface area contributed by atoms with Crippen LogP contribution >= 0.6 is 11.6 Å². The van der Waals surface area contributed by atoms with Crippen LogP contribution in [0.4, 0.5) is 4.39 Å². The molecule has 1 aromatic heterocycles. The first kappa shape index (κ1) is 12.7. The van der Waals surface area contributed by atoms with E-state index >= 15 is 0 Å². The summed E-state index contributed by atoms with van der Waals surface area (Å²) in [4.78, 5) is 5.96. The Labute approximate surface area is 94.9 Å². The predicted octanol–water partition coefficient (Wildman–Crippen LogP) is 1.58. The third kappa shape index (κ3) is 3.04. The Morgan fingerprint density at radius 2 is 2.31 bits per heavy atom. The minimum Gasteiger partial charge on any atom is -0.390 e. The van der Waals surface area contributed by atoms with Gasteiger partial charge >= 0.3 is 0 Å². The molecule has 2 unspecified atom stereocenters. The van der Waals surface area contributed by atoms with Gasteiger partial charge in [0.2, 0.25) is 0 Å². The molecule has 1 heterocycles. The van der Waals surface area contributed by atoms with E-state index in [0.29, 0.717) is 0 Å². The SMILES string of the molecule is [N-]=[N+]=NCC(O)C(O)c1ncc(Cl)cc1F. The third-order valence-corrected chi connectivity index (χ3v) is 2.02. The first-order chi connectivity index (χ1) is 7.56. The van der Waals surface area contributed by atoms with Crippen molar-refractivity contribution in [3.8, 4) is 0 Å². The van der Waals surface area contributed by atoms with Crippen LogP contribution in [0.3, 0.4) is 0 Å². The maximum atomic E-state index is 13.3. The molecule has 0 fully saturated rings. The second-order valence-electron chi connectivity index (χ2n) is 2.95. The second-order valence-corrected chi connectivity index (χ2v) is 3.38. The summed E-state index contributed by atoms with van der Waals surface area (Å²) in [7, 11) is 0. The molecule has 1 rings (SSSR count). The molecule has 6 nitrogen and oxygen atoms in total. The number of azide groups is 1. The zero-order valence-electron chi connectivity index (χ0n) is 7.96. The Morgan fingerprint density at radius 1 is 1.62 bits per heavy atom. The zero-order chi connectivity index (χ0) is 12.1. The van der Waals surface area contributed by atoms with Gasteiger partial charge in [-0.15, -0.1) is 0 Å². The minimum atomic E-state index is -1.57. The van der Waals surface area contributed by atoms with Gasteiger partial charge in [0, 0.05) is 11.1 Å². The normalized spacial score (nSPS) is 14.0. The van der Waals surface area contributed by atoms with Crippen LogP contribution in [0.1, 0.15) is 11.8 Å². The highest BCUT2D eigenvalue weighted by molar-refractivity contribution is 6.30. The molecule has 0 amide bonds. The van der Waals surface area contributed by atoms with Crippen molar-refractivity contribution in [3.63, 3.8) is 0 Å². The lowest BCUT2D eigenvalue weighted by Crippen LogP contribution is -2.23. The molecule has 0 radical (unpaired) electrons. The van der Waals surface area contributed by atoms with E-state index in [0.717, 1.165) is 12.3 Å². The van der Waals surface area contributed by atoms with Crippen molar-refractivity contribution in [1.29, 1.82) is 0 Å². The maximum absolute atomic E-state index is 13.3. The van der Waals surface area contributed by atoms with Gasteiger partial charge < -0.3 is 10.2 Å². The highest BCUT2D eigenvalue weighted by atomic mass is 35.5. The van der Waals surface area contributed by atoms with Gasteiger partial charge in [-0.3, -0.25) is 4.98 Å². The van der Waals surface area contributed by atoms with Gasteiger partial charge in [-0.1, -0.05) is 16.7 Å². The zero-order valence-corrected chi connectivity index (χ0v) is 8.71. The molecule has 0 aliphatic carbocycles. The highest BCUT2D eigenvalue weighted by Crippen LogP contribution is 2.20. The molecule has 0 saturated carbocycles. The Balaban J connectivity index is 2.86. The quantitative estimate of drug-likeness (QED) is 0.479. The van der Waals surface area contributed by atoms with E-state index in [-0.39, 0.29) is 17.3 Å². The van der Waals surface area contributed by atoms with Crippen LogP contribution in [0.5, 0.6) is 0 Å². The molecule has 0 bridgehead atoms. The van der Waals surface area contributed by atoms with Crippen LogP contribution < -0.4 is 0 Å². The maximum Gasteiger partial charge on any atom is 0.148 e. The van der Waals surface area contributed by atoms with Gasteiger partial charge in [-0.05, 0) is 11.6 Å². The molecule has 86 valence electrons. The van der Waals surface area contributed by atoms with Crippen molar-refractivity contribution < 1.29 is 14.6 Å². The number of hydrogen-bond acceptors (Lipinski definition) is 4. The first-order valence-corrected chi connectivity index (χ1v) is 4.62. The number of aliphatic hydroxyl groups excluding tert-OH is 2. The summed E-state index contributed by atoms with van der Waals surface area (Å²) in [5.74, 6) is -0.833. The summed E-state index contributed by atoms with van der Waals surface area (Å²) < 4.78 is 13.3. The number of halogens is 2. The second kappa shape index (κ2) is 5.62. The van der Waals surface area contributed by atoms with E-state index in [9.17, 15) is 14.6 Å². The van der Waals surface area contributed by atoms with Gasteiger partial charge in [0.25, 0.3) is 0 Å². The van der Waals surface area contributed by atoms with E-state index in [2.05, 4.69) is 15.0 Å². The minimum absolute atomic E-state index is 0.0815. The highest BCUT2D eigenvalue weighted by Gasteiger charge is 2.22. The summed E-state index contributed by atoms with van der Waals surface area (Å²) in [5, 5.41) is 22.0. The smallest absolute Gasteiger partial charge is 0.148 e. The molecule has 0 saturated heterocycles. The van der Waals surface area contributed by atoms with E-state index in [4.69, 9.17) is 17.1 Å². The van der Waals surface area contributed by atoms with E-state index < -0.39 is 18.0 Å². The van der Waals surface area contributed by atoms with E-state index in [1.54, 1.807) is 0 Å². The largest absolute Gasteiger partial charge is 0.390 e. The first-order valence-electron chi connectivity index (χ1n) is 4.24. The van der Waals surface area contributed by atoms with Gasteiger partial charge in [-0.2, -0.15) is 0 Å². The molecule has 0 aromatic carbocycles. The fourth-order valence-electron chi connectivity index (χ4n) is 1.05. The molecule has 0 spiro atoms. The number of hydrogen-bond donors (Lipinski definition) is 2. The fourth-order valence-corrected chi connectivity index (χ4v) is 1.19. The Hall–Kier alpha value is -1.40. The molecule has 0 aliphatic rings. The molecule has 16 heavy (non-hydrogen) atoms. The van der Waals surface area contributed by atoms with Crippen molar-refractivity contribution in [2.24, 2.45) is 5.11 Å². The van der Waals surface area contributed by atoms with Crippen LogP contribution in [0, 0.1) is 5.82 Å². The molecular formula is C8H8ClFN4O2. The average molecular weight is 247 g/mol. The van der Waals surface area contributed by atoms with Crippen molar-refractivity contribution in [3.05, 3.63) is 39.2 Å². The molecule has 2 N–H and O–H groups in total. The third-order valence-electron chi connectivity index (χ3n) is 1.81. The van der Waals surface area contributed by atoms with Gasteiger partial charge in [0.15, 0.2) is 0 Å².